The van der Waals surface area contributed by atoms with Crippen LogP contribution in [0.25, 0.3) is 50.2 Å². The van der Waals surface area contributed by atoms with Gasteiger partial charge >= 0.3 is 0 Å². The number of benzene rings is 4. The predicted octanol–water partition coefficient (Wildman–Crippen LogP) is 10.4. The second kappa shape index (κ2) is 13.0. The van der Waals surface area contributed by atoms with Gasteiger partial charge in [-0.2, -0.15) is 0 Å². The molecule has 0 atom stereocenters. The molecule has 0 aromatic heterocycles. The van der Waals surface area contributed by atoms with Crippen molar-refractivity contribution >= 4 is 28.0 Å². The average Bonchev–Trinajstić information content (AvgIpc) is 3.06. The number of fused-ring (bicyclic) bond motifs is 2. The molecule has 0 radical (unpaired) electrons. The first-order valence-electron chi connectivity index (χ1n) is 15.4. The fourth-order valence-electron chi connectivity index (χ4n) is 6.08. The number of aryl methyl sites for hydroxylation is 2. The Kier molecular flexibility index (Phi) is 8.52. The van der Waals surface area contributed by atoms with Crippen molar-refractivity contribution in [2.45, 2.75) is 26.7 Å². The van der Waals surface area contributed by atoms with Crippen molar-refractivity contribution in [3.8, 4) is 22.3 Å². The third kappa shape index (κ3) is 6.12. The summed E-state index contributed by atoms with van der Waals surface area (Å²) in [5, 5.41) is 5.00. The molecular weight excluding hydrogens is 528 g/mol. The van der Waals surface area contributed by atoms with Gasteiger partial charge in [0.15, 0.2) is 0 Å². The highest BCUT2D eigenvalue weighted by atomic mass is 14.2. The van der Waals surface area contributed by atoms with E-state index in [1.807, 2.05) is 6.08 Å². The number of allylic oxidation sites excluding steroid dienone is 4. The molecule has 214 valence electrons. The quantitative estimate of drug-likeness (QED) is 0.179. The summed E-state index contributed by atoms with van der Waals surface area (Å²) < 4.78 is 0. The van der Waals surface area contributed by atoms with Crippen LogP contribution in [0.2, 0.25) is 0 Å². The van der Waals surface area contributed by atoms with Gasteiger partial charge in [-0.25, -0.2) is 0 Å². The molecular formula is C44H38. The second-order valence-electron chi connectivity index (χ2n) is 11.6. The molecule has 1 aliphatic rings. The molecule has 1 aliphatic carbocycles. The summed E-state index contributed by atoms with van der Waals surface area (Å²) in [6.45, 7) is 12.7. The normalized spacial score (nSPS) is 12.4. The van der Waals surface area contributed by atoms with E-state index >= 15 is 0 Å². The van der Waals surface area contributed by atoms with Gasteiger partial charge in [-0.1, -0.05) is 164 Å². The van der Waals surface area contributed by atoms with Crippen molar-refractivity contribution in [1.29, 1.82) is 0 Å². The molecule has 0 nitrogen and oxygen atoms in total. The maximum atomic E-state index is 4.53. The van der Waals surface area contributed by atoms with Crippen LogP contribution in [0.3, 0.4) is 0 Å². The number of hydrogen-bond acceptors (Lipinski definition) is 0. The second-order valence-corrected chi connectivity index (χ2v) is 11.6. The van der Waals surface area contributed by atoms with Gasteiger partial charge < -0.3 is 0 Å². The number of rotatable bonds is 6. The monoisotopic (exact) mass is 566 g/mol. The van der Waals surface area contributed by atoms with E-state index in [2.05, 4.69) is 160 Å². The SMILES string of the molecule is C=CC=CC(=C)c1cccc(-c2ccc(C)cc2)ccc(C2=c3ccccc3=CCC2)c2ccc(-c3ccc(C)cc3)cc12. The largest absolute Gasteiger partial charge is 0.0991 e. The van der Waals surface area contributed by atoms with Crippen molar-refractivity contribution in [3.63, 3.8) is 0 Å². The Labute approximate surface area is 261 Å². The molecule has 0 unspecified atom stereocenters. The Morgan fingerprint density at radius 2 is 1.27 bits per heavy atom. The summed E-state index contributed by atoms with van der Waals surface area (Å²) in [5.74, 6) is 0. The van der Waals surface area contributed by atoms with Crippen LogP contribution in [-0.4, -0.2) is 0 Å². The standard InChI is InChI=1S/C44H38/c1-5-6-11-33(4)39-16-9-13-34(35-22-18-31(2)19-23-35)26-28-42(41-17-10-14-37-12-7-8-15-40(37)41)43-29-27-38(30-44(39)43)36-24-20-32(3)21-25-36/h5-9,11-16,18-30H,1,4,10,17H2,2-3H3. The van der Waals surface area contributed by atoms with Gasteiger partial charge in [0.25, 0.3) is 0 Å². The molecule has 0 saturated heterocycles. The third-order valence-corrected chi connectivity index (χ3v) is 8.49. The van der Waals surface area contributed by atoms with Crippen molar-refractivity contribution in [1.82, 2.24) is 0 Å². The topological polar surface area (TPSA) is 0 Å². The van der Waals surface area contributed by atoms with Crippen LogP contribution in [0.4, 0.5) is 0 Å². The summed E-state index contributed by atoms with van der Waals surface area (Å²) >= 11 is 0. The van der Waals surface area contributed by atoms with Crippen molar-refractivity contribution in [3.05, 3.63) is 185 Å². The fraction of sp³-hybridized carbons (Fsp3) is 0.0909. The highest BCUT2D eigenvalue weighted by Gasteiger charge is 2.13. The predicted molar refractivity (Wildman–Crippen MR) is 192 cm³/mol. The lowest BCUT2D eigenvalue weighted by molar-refractivity contribution is 1.08. The van der Waals surface area contributed by atoms with Crippen LogP contribution in [0, 0.1) is 13.8 Å². The van der Waals surface area contributed by atoms with Gasteiger partial charge in [0, 0.05) is 0 Å². The van der Waals surface area contributed by atoms with Crippen LogP contribution in [0.1, 0.15) is 35.1 Å². The van der Waals surface area contributed by atoms with Crippen LogP contribution >= 0.6 is 0 Å². The highest BCUT2D eigenvalue weighted by molar-refractivity contribution is 6.02. The van der Waals surface area contributed by atoms with Crippen molar-refractivity contribution in [2.24, 2.45) is 0 Å². The van der Waals surface area contributed by atoms with E-state index in [4.69, 9.17) is 0 Å². The maximum absolute atomic E-state index is 4.53. The van der Waals surface area contributed by atoms with Crippen LogP contribution < -0.4 is 10.4 Å². The molecule has 0 spiro atoms. The first kappa shape index (κ1) is 28.9. The molecule has 5 aromatic rings. The van der Waals surface area contributed by atoms with E-state index in [0.29, 0.717) is 0 Å². The van der Waals surface area contributed by atoms with E-state index in [0.717, 1.165) is 24.0 Å². The minimum Gasteiger partial charge on any atom is -0.0991 e. The van der Waals surface area contributed by atoms with E-state index in [1.165, 1.54) is 65.7 Å². The molecule has 0 heteroatoms. The van der Waals surface area contributed by atoms with Gasteiger partial charge in [-0.15, -0.1) is 0 Å². The Morgan fingerprint density at radius 1 is 0.636 bits per heavy atom. The molecule has 0 heterocycles. The van der Waals surface area contributed by atoms with Gasteiger partial charge in [0.1, 0.15) is 0 Å². The average molecular weight is 567 g/mol. The zero-order valence-corrected chi connectivity index (χ0v) is 25.7. The highest BCUT2D eigenvalue weighted by Crippen LogP contribution is 2.34. The first-order valence-corrected chi connectivity index (χ1v) is 15.4. The summed E-state index contributed by atoms with van der Waals surface area (Å²) in [7, 11) is 0. The molecule has 0 saturated carbocycles. The molecule has 0 bridgehead atoms. The zero-order chi connectivity index (χ0) is 30.5. The van der Waals surface area contributed by atoms with Crippen molar-refractivity contribution in [2.75, 3.05) is 0 Å². The molecule has 0 fully saturated rings. The smallest absolute Gasteiger partial charge is 0.00933 e. The summed E-state index contributed by atoms with van der Waals surface area (Å²) in [6, 6.07) is 44.5. The van der Waals surface area contributed by atoms with Crippen molar-refractivity contribution < 1.29 is 0 Å². The Morgan fingerprint density at radius 3 is 2.00 bits per heavy atom. The van der Waals surface area contributed by atoms with Gasteiger partial charge in [0.05, 0.1) is 0 Å². The van der Waals surface area contributed by atoms with Gasteiger partial charge in [-0.05, 0) is 98.5 Å². The molecule has 0 N–H and O–H groups in total. The lowest BCUT2D eigenvalue weighted by atomic mass is 9.88. The Bertz CT molecular complexity index is 2080. The number of hydrogen-bond donors (Lipinski definition) is 0. The van der Waals surface area contributed by atoms with E-state index in [-0.39, 0.29) is 0 Å². The summed E-state index contributed by atoms with van der Waals surface area (Å²) in [4.78, 5) is 0. The Hall–Kier alpha value is -5.20. The third-order valence-electron chi connectivity index (χ3n) is 8.49. The van der Waals surface area contributed by atoms with Crippen LogP contribution in [0.5, 0.6) is 0 Å². The van der Waals surface area contributed by atoms with Crippen LogP contribution in [-0.2, 0) is 0 Å². The summed E-state index contributed by atoms with van der Waals surface area (Å²) in [5.41, 5.74) is 11.9. The minimum absolute atomic E-state index is 0.944. The maximum Gasteiger partial charge on any atom is -0.00933 e. The minimum atomic E-state index is 0.944. The molecule has 0 aliphatic heterocycles. The lowest BCUT2D eigenvalue weighted by Gasteiger charge is -2.16. The van der Waals surface area contributed by atoms with Crippen LogP contribution in [0.15, 0.2) is 153 Å². The van der Waals surface area contributed by atoms with E-state index < -0.39 is 0 Å². The first-order chi connectivity index (χ1) is 21.5. The molecule has 44 heavy (non-hydrogen) atoms. The van der Waals surface area contributed by atoms with E-state index in [9.17, 15) is 0 Å². The fourth-order valence-corrected chi connectivity index (χ4v) is 6.08. The van der Waals surface area contributed by atoms with Gasteiger partial charge in [-0.3, -0.25) is 0 Å². The zero-order valence-electron chi connectivity index (χ0n) is 25.7. The van der Waals surface area contributed by atoms with Gasteiger partial charge in [0.2, 0.25) is 0 Å². The molecule has 0 amide bonds. The Balaban J connectivity index is 1.76. The summed E-state index contributed by atoms with van der Waals surface area (Å²) in [6.07, 6.45) is 10.2. The van der Waals surface area contributed by atoms with E-state index in [1.54, 1.807) is 6.08 Å². The molecule has 6 rings (SSSR count). The lowest BCUT2D eigenvalue weighted by Crippen LogP contribution is -2.29. The molecule has 5 aromatic carbocycles.